The molecule has 0 aromatic rings. The number of rotatable bonds is 4. The average Bonchev–Trinajstić information content (AvgIpc) is 2.43. The van der Waals surface area contributed by atoms with Crippen LogP contribution in [0.4, 0.5) is 0 Å². The molecule has 0 N–H and O–H groups in total. The molecule has 3 nitrogen and oxygen atoms in total. The first-order chi connectivity index (χ1) is 6.53. The van der Waals surface area contributed by atoms with Gasteiger partial charge in [0.1, 0.15) is 0 Å². The molecule has 0 saturated carbocycles. The van der Waals surface area contributed by atoms with Gasteiger partial charge in [-0.1, -0.05) is 13.8 Å². The lowest BCUT2D eigenvalue weighted by Crippen LogP contribution is -2.26. The van der Waals surface area contributed by atoms with Gasteiger partial charge in [0, 0.05) is 13.1 Å². The molecular weight excluding hydrogens is 178 g/mol. The van der Waals surface area contributed by atoms with E-state index in [9.17, 15) is 4.79 Å². The fourth-order valence-corrected chi connectivity index (χ4v) is 1.90. The predicted octanol–water partition coefficient (Wildman–Crippen LogP) is 1.67. The fourth-order valence-electron chi connectivity index (χ4n) is 1.90. The summed E-state index contributed by atoms with van der Waals surface area (Å²) in [6.45, 7) is 9.96. The van der Waals surface area contributed by atoms with E-state index in [1.807, 2.05) is 6.92 Å². The van der Waals surface area contributed by atoms with Crippen LogP contribution in [0.2, 0.25) is 0 Å². The maximum absolute atomic E-state index is 11.1. The van der Waals surface area contributed by atoms with Gasteiger partial charge >= 0.3 is 5.97 Å². The second kappa shape index (κ2) is 4.78. The summed E-state index contributed by atoms with van der Waals surface area (Å²) < 4.78 is 4.89. The molecule has 0 radical (unpaired) electrons. The molecule has 0 aromatic heterocycles. The van der Waals surface area contributed by atoms with Gasteiger partial charge in [0.05, 0.1) is 13.0 Å². The van der Waals surface area contributed by atoms with Gasteiger partial charge in [-0.2, -0.15) is 0 Å². The monoisotopic (exact) mass is 199 g/mol. The van der Waals surface area contributed by atoms with Crippen LogP contribution < -0.4 is 0 Å². The Kier molecular flexibility index (Phi) is 3.93. The predicted molar refractivity (Wildman–Crippen MR) is 56.1 cm³/mol. The van der Waals surface area contributed by atoms with Crippen LogP contribution in [0.15, 0.2) is 0 Å². The fraction of sp³-hybridized carbons (Fsp3) is 0.909. The van der Waals surface area contributed by atoms with Crippen LogP contribution in [0.5, 0.6) is 0 Å². The van der Waals surface area contributed by atoms with E-state index in [0.29, 0.717) is 18.4 Å². The first-order valence-electron chi connectivity index (χ1n) is 5.41. The molecule has 0 unspecified atom stereocenters. The van der Waals surface area contributed by atoms with Gasteiger partial charge in [-0.3, -0.25) is 4.79 Å². The summed E-state index contributed by atoms with van der Waals surface area (Å²) >= 11 is 0. The van der Waals surface area contributed by atoms with Crippen LogP contribution in [-0.4, -0.2) is 37.1 Å². The Balaban J connectivity index is 2.17. The molecule has 1 aliphatic rings. The summed E-state index contributed by atoms with van der Waals surface area (Å²) in [7, 11) is 0. The number of carbonyl (C=O) groups is 1. The summed E-state index contributed by atoms with van der Waals surface area (Å²) in [5.74, 6) is -0.0720. The van der Waals surface area contributed by atoms with Gasteiger partial charge in [0.2, 0.25) is 0 Å². The number of likely N-dealkylation sites (tertiary alicyclic amines) is 1. The van der Waals surface area contributed by atoms with E-state index >= 15 is 0 Å². The van der Waals surface area contributed by atoms with Crippen molar-refractivity contribution in [3.05, 3.63) is 0 Å². The second-order valence-corrected chi connectivity index (χ2v) is 4.75. The quantitative estimate of drug-likeness (QED) is 0.645. The van der Waals surface area contributed by atoms with Gasteiger partial charge in [-0.05, 0) is 25.3 Å². The van der Waals surface area contributed by atoms with E-state index in [1.54, 1.807) is 0 Å². The molecule has 1 aliphatic heterocycles. The molecule has 1 saturated heterocycles. The van der Waals surface area contributed by atoms with E-state index in [4.69, 9.17) is 4.74 Å². The zero-order valence-corrected chi connectivity index (χ0v) is 9.51. The lowest BCUT2D eigenvalue weighted by molar-refractivity contribution is -0.143. The number of hydrogen-bond acceptors (Lipinski definition) is 3. The Morgan fingerprint density at radius 1 is 1.50 bits per heavy atom. The van der Waals surface area contributed by atoms with Crippen molar-refractivity contribution in [2.45, 2.75) is 33.6 Å². The van der Waals surface area contributed by atoms with Gasteiger partial charge in [-0.15, -0.1) is 0 Å². The first kappa shape index (κ1) is 11.5. The zero-order valence-electron chi connectivity index (χ0n) is 9.51. The molecular formula is C11H21NO2. The topological polar surface area (TPSA) is 29.5 Å². The van der Waals surface area contributed by atoms with Crippen LogP contribution >= 0.6 is 0 Å². The zero-order chi connectivity index (χ0) is 10.6. The molecule has 0 aromatic carbocycles. The Morgan fingerprint density at radius 2 is 2.21 bits per heavy atom. The largest absolute Gasteiger partial charge is 0.466 e. The summed E-state index contributed by atoms with van der Waals surface area (Å²) in [4.78, 5) is 13.5. The van der Waals surface area contributed by atoms with E-state index in [-0.39, 0.29) is 5.97 Å². The minimum absolute atomic E-state index is 0.0720. The maximum atomic E-state index is 11.1. The van der Waals surface area contributed by atoms with Gasteiger partial charge < -0.3 is 9.64 Å². The summed E-state index contributed by atoms with van der Waals surface area (Å²) in [6.07, 6.45) is 1.76. The molecule has 0 amide bonds. The van der Waals surface area contributed by atoms with Crippen LogP contribution in [-0.2, 0) is 9.53 Å². The van der Waals surface area contributed by atoms with Crippen molar-refractivity contribution in [3.63, 3.8) is 0 Å². The number of nitrogens with zero attached hydrogens (tertiary/aromatic N) is 1. The first-order valence-corrected chi connectivity index (χ1v) is 5.41. The third-order valence-corrected chi connectivity index (χ3v) is 2.69. The highest BCUT2D eigenvalue weighted by molar-refractivity contribution is 5.69. The molecule has 1 fully saturated rings. The van der Waals surface area contributed by atoms with E-state index < -0.39 is 0 Å². The summed E-state index contributed by atoms with van der Waals surface area (Å²) in [5.41, 5.74) is 0.425. The lowest BCUT2D eigenvalue weighted by Gasteiger charge is -2.19. The smallest absolute Gasteiger partial charge is 0.307 e. The van der Waals surface area contributed by atoms with E-state index in [2.05, 4.69) is 18.7 Å². The second-order valence-electron chi connectivity index (χ2n) is 4.75. The average molecular weight is 199 g/mol. The molecule has 0 atom stereocenters. The highest BCUT2D eigenvalue weighted by Crippen LogP contribution is 2.28. The molecule has 0 bridgehead atoms. The Bertz CT molecular complexity index is 201. The van der Waals surface area contributed by atoms with Crippen molar-refractivity contribution in [1.82, 2.24) is 4.90 Å². The minimum atomic E-state index is -0.0720. The van der Waals surface area contributed by atoms with Crippen molar-refractivity contribution in [1.29, 1.82) is 0 Å². The third-order valence-electron chi connectivity index (χ3n) is 2.69. The number of hydrogen-bond donors (Lipinski definition) is 0. The molecule has 82 valence electrons. The van der Waals surface area contributed by atoms with Crippen molar-refractivity contribution in [3.8, 4) is 0 Å². The third kappa shape index (κ3) is 3.66. The molecule has 0 spiro atoms. The normalized spacial score (nSPS) is 21.1. The summed E-state index contributed by atoms with van der Waals surface area (Å²) in [5, 5.41) is 0. The Labute approximate surface area is 86.4 Å². The van der Waals surface area contributed by atoms with Gasteiger partial charge in [0.25, 0.3) is 0 Å². The number of ether oxygens (including phenoxy) is 1. The highest BCUT2D eigenvalue weighted by Gasteiger charge is 2.28. The van der Waals surface area contributed by atoms with Crippen molar-refractivity contribution >= 4 is 5.97 Å². The van der Waals surface area contributed by atoms with Crippen LogP contribution in [0.1, 0.15) is 33.6 Å². The van der Waals surface area contributed by atoms with Crippen LogP contribution in [0.3, 0.4) is 0 Å². The Hall–Kier alpha value is -0.570. The molecule has 3 heteroatoms. The molecule has 1 heterocycles. The van der Waals surface area contributed by atoms with Crippen LogP contribution in [0, 0.1) is 5.41 Å². The number of carbonyl (C=O) groups excluding carboxylic acids is 1. The van der Waals surface area contributed by atoms with E-state index in [0.717, 1.165) is 19.6 Å². The van der Waals surface area contributed by atoms with Crippen molar-refractivity contribution in [2.75, 3.05) is 26.2 Å². The van der Waals surface area contributed by atoms with Gasteiger partial charge in [-0.25, -0.2) is 0 Å². The SMILES string of the molecule is CCOC(=O)CCN1CCC(C)(C)C1. The molecule has 1 rings (SSSR count). The van der Waals surface area contributed by atoms with Gasteiger partial charge in [0.15, 0.2) is 0 Å². The van der Waals surface area contributed by atoms with E-state index in [1.165, 1.54) is 6.42 Å². The standard InChI is InChI=1S/C11H21NO2/c1-4-14-10(13)5-7-12-8-6-11(2,3)9-12/h4-9H2,1-3H3. The summed E-state index contributed by atoms with van der Waals surface area (Å²) in [6, 6.07) is 0. The highest BCUT2D eigenvalue weighted by atomic mass is 16.5. The van der Waals surface area contributed by atoms with Crippen molar-refractivity contribution in [2.24, 2.45) is 5.41 Å². The van der Waals surface area contributed by atoms with Crippen LogP contribution in [0.25, 0.3) is 0 Å². The minimum Gasteiger partial charge on any atom is -0.466 e. The molecule has 0 aliphatic carbocycles. The lowest BCUT2D eigenvalue weighted by atomic mass is 9.93. The number of esters is 1. The molecule has 14 heavy (non-hydrogen) atoms. The van der Waals surface area contributed by atoms with Crippen molar-refractivity contribution < 1.29 is 9.53 Å². The maximum Gasteiger partial charge on any atom is 0.307 e. The Morgan fingerprint density at radius 3 is 2.71 bits per heavy atom.